The van der Waals surface area contributed by atoms with Gasteiger partial charge in [-0.2, -0.15) is 0 Å². The zero-order chi connectivity index (χ0) is 19.1. The van der Waals surface area contributed by atoms with Crippen molar-refractivity contribution in [2.75, 3.05) is 6.54 Å². The lowest BCUT2D eigenvalue weighted by molar-refractivity contribution is 0.578. The highest BCUT2D eigenvalue weighted by Gasteiger charge is 2.25. The lowest BCUT2D eigenvalue weighted by atomic mass is 10.2. The highest BCUT2D eigenvalue weighted by molar-refractivity contribution is 7.89. The molecule has 0 amide bonds. The molecule has 1 aromatic carbocycles. The highest BCUT2D eigenvalue weighted by atomic mass is 35.5. The van der Waals surface area contributed by atoms with Gasteiger partial charge in [0.05, 0.1) is 5.69 Å². The third-order valence-electron chi connectivity index (χ3n) is 4.16. The zero-order valence-corrected chi connectivity index (χ0v) is 16.9. The fourth-order valence-corrected chi connectivity index (χ4v) is 5.09. The average Bonchev–Trinajstić information content (AvgIpc) is 2.83. The Bertz CT molecular complexity index is 1130. The van der Waals surface area contributed by atoms with Crippen LogP contribution in [-0.4, -0.2) is 24.3 Å². The number of thiazole rings is 1. The molecule has 3 rings (SSSR count). The second-order valence-electron chi connectivity index (χ2n) is 5.97. The van der Waals surface area contributed by atoms with Crippen LogP contribution < -0.4 is 10.3 Å². The lowest BCUT2D eigenvalue weighted by Crippen LogP contribution is -2.33. The summed E-state index contributed by atoms with van der Waals surface area (Å²) in [6.07, 6.45) is 0.489. The van der Waals surface area contributed by atoms with Crippen LogP contribution >= 0.6 is 22.9 Å². The van der Waals surface area contributed by atoms with Gasteiger partial charge in [0.15, 0.2) is 9.86 Å². The average molecular weight is 412 g/mol. The number of hydrogen-bond donors (Lipinski definition) is 1. The Labute approximate surface area is 160 Å². The van der Waals surface area contributed by atoms with Gasteiger partial charge in [0.1, 0.15) is 0 Å². The van der Waals surface area contributed by atoms with Crippen LogP contribution in [0.15, 0.2) is 34.0 Å². The number of sulfonamides is 1. The first-order valence-corrected chi connectivity index (χ1v) is 10.6. The van der Waals surface area contributed by atoms with Crippen molar-refractivity contribution in [2.45, 2.75) is 32.1 Å². The summed E-state index contributed by atoms with van der Waals surface area (Å²) >= 11 is 7.21. The third-order valence-corrected chi connectivity index (χ3v) is 7.06. The zero-order valence-electron chi connectivity index (χ0n) is 14.5. The first kappa shape index (κ1) is 19.0. The lowest BCUT2D eigenvalue weighted by Gasteiger charge is -2.09. The molecule has 0 fully saturated rings. The molecule has 0 radical (unpaired) electrons. The number of nitrogens with one attached hydrogen (secondary N) is 1. The maximum atomic E-state index is 12.8. The minimum Gasteiger partial charge on any atom is -0.267 e. The summed E-state index contributed by atoms with van der Waals surface area (Å²) in [7, 11) is -3.97. The molecule has 0 aliphatic heterocycles. The van der Waals surface area contributed by atoms with Gasteiger partial charge in [-0.1, -0.05) is 23.7 Å². The van der Waals surface area contributed by atoms with Gasteiger partial charge in [-0.05, 0) is 44.9 Å². The molecule has 2 aromatic heterocycles. The number of rotatable bonds is 5. The number of benzene rings is 1. The Morgan fingerprint density at radius 1 is 1.19 bits per heavy atom. The SMILES string of the molecule is Cc1nc2sc(C)c(C)n2c(=O)c1S(=O)(=O)NCCc1ccc(Cl)cc1. The number of aryl methyl sites for hydroxylation is 3. The summed E-state index contributed by atoms with van der Waals surface area (Å²) < 4.78 is 29.3. The molecule has 138 valence electrons. The van der Waals surface area contributed by atoms with Gasteiger partial charge < -0.3 is 0 Å². The summed E-state index contributed by atoms with van der Waals surface area (Å²) in [5.41, 5.74) is 1.30. The number of aromatic nitrogens is 2. The standard InChI is InChI=1S/C17H18ClN3O3S2/c1-10-15(16(22)21-11(2)12(3)25-17(21)20-10)26(23,24)19-9-8-13-4-6-14(18)7-5-13/h4-7,19H,8-9H2,1-3H3. The molecule has 0 atom stereocenters. The molecule has 3 aromatic rings. The predicted octanol–water partition coefficient (Wildman–Crippen LogP) is 2.86. The van der Waals surface area contributed by atoms with E-state index in [4.69, 9.17) is 11.6 Å². The topological polar surface area (TPSA) is 80.5 Å². The molecule has 0 spiro atoms. The Morgan fingerprint density at radius 2 is 1.85 bits per heavy atom. The van der Waals surface area contributed by atoms with E-state index in [9.17, 15) is 13.2 Å². The molecule has 6 nitrogen and oxygen atoms in total. The summed E-state index contributed by atoms with van der Waals surface area (Å²) in [6.45, 7) is 5.37. The van der Waals surface area contributed by atoms with Crippen molar-refractivity contribution in [3.8, 4) is 0 Å². The number of halogens is 1. The van der Waals surface area contributed by atoms with Crippen LogP contribution in [0.5, 0.6) is 0 Å². The van der Waals surface area contributed by atoms with E-state index in [0.29, 0.717) is 22.1 Å². The Hall–Kier alpha value is -1.74. The van der Waals surface area contributed by atoms with Crippen molar-refractivity contribution >= 4 is 37.9 Å². The van der Waals surface area contributed by atoms with Crippen LogP contribution in [0.2, 0.25) is 5.02 Å². The van der Waals surface area contributed by atoms with Crippen molar-refractivity contribution in [3.63, 3.8) is 0 Å². The summed E-state index contributed by atoms with van der Waals surface area (Å²) in [5, 5.41) is 0.624. The van der Waals surface area contributed by atoms with Gasteiger partial charge in [-0.3, -0.25) is 9.20 Å². The van der Waals surface area contributed by atoms with Gasteiger partial charge in [-0.25, -0.2) is 18.1 Å². The van der Waals surface area contributed by atoms with Crippen LogP contribution in [0.4, 0.5) is 0 Å². The smallest absolute Gasteiger partial charge is 0.267 e. The van der Waals surface area contributed by atoms with Gasteiger partial charge in [-0.15, -0.1) is 11.3 Å². The normalized spacial score (nSPS) is 12.0. The van der Waals surface area contributed by atoms with E-state index in [-0.39, 0.29) is 17.1 Å². The van der Waals surface area contributed by atoms with Crippen LogP contribution in [0.3, 0.4) is 0 Å². The van der Waals surface area contributed by atoms with E-state index in [1.54, 1.807) is 26.0 Å². The van der Waals surface area contributed by atoms with Gasteiger partial charge >= 0.3 is 0 Å². The fraction of sp³-hybridized carbons (Fsp3) is 0.294. The minimum absolute atomic E-state index is 0.174. The van der Waals surface area contributed by atoms with Gasteiger partial charge in [0.2, 0.25) is 10.0 Å². The third kappa shape index (κ3) is 3.55. The highest BCUT2D eigenvalue weighted by Crippen LogP contribution is 2.21. The molecule has 2 heterocycles. The predicted molar refractivity (Wildman–Crippen MR) is 104 cm³/mol. The molecule has 1 N–H and O–H groups in total. The van der Waals surface area contributed by atoms with Crippen molar-refractivity contribution in [1.82, 2.24) is 14.1 Å². The first-order chi connectivity index (χ1) is 12.2. The fourth-order valence-electron chi connectivity index (χ4n) is 2.68. The van der Waals surface area contributed by atoms with E-state index < -0.39 is 15.6 Å². The summed E-state index contributed by atoms with van der Waals surface area (Å²) in [4.78, 5) is 18.2. The second kappa shape index (κ2) is 7.11. The quantitative estimate of drug-likeness (QED) is 0.700. The van der Waals surface area contributed by atoms with Crippen LogP contribution in [0, 0.1) is 20.8 Å². The molecule has 0 aliphatic carbocycles. The summed E-state index contributed by atoms with van der Waals surface area (Å²) in [5.74, 6) is 0. The van der Waals surface area contributed by atoms with E-state index in [1.807, 2.05) is 19.1 Å². The van der Waals surface area contributed by atoms with Crippen molar-refractivity contribution < 1.29 is 8.42 Å². The molecular weight excluding hydrogens is 394 g/mol. The first-order valence-electron chi connectivity index (χ1n) is 7.94. The molecule has 9 heteroatoms. The molecule has 0 bridgehead atoms. The number of fused-ring (bicyclic) bond motifs is 1. The van der Waals surface area contributed by atoms with Crippen molar-refractivity contribution in [1.29, 1.82) is 0 Å². The number of nitrogens with zero attached hydrogens (tertiary/aromatic N) is 2. The molecular formula is C17H18ClN3O3S2. The maximum absolute atomic E-state index is 12.8. The van der Waals surface area contributed by atoms with Crippen molar-refractivity contribution in [2.24, 2.45) is 0 Å². The second-order valence-corrected chi connectivity index (χ2v) is 9.29. The minimum atomic E-state index is -3.97. The largest absolute Gasteiger partial charge is 0.279 e. The van der Waals surface area contributed by atoms with Gasteiger partial charge in [0.25, 0.3) is 5.56 Å². The van der Waals surface area contributed by atoms with E-state index in [1.165, 1.54) is 15.7 Å². The van der Waals surface area contributed by atoms with Gasteiger partial charge in [0, 0.05) is 22.1 Å². The monoisotopic (exact) mass is 411 g/mol. The molecule has 0 unspecified atom stereocenters. The maximum Gasteiger partial charge on any atom is 0.279 e. The van der Waals surface area contributed by atoms with Crippen LogP contribution in [0.25, 0.3) is 4.96 Å². The van der Waals surface area contributed by atoms with E-state index >= 15 is 0 Å². The van der Waals surface area contributed by atoms with Crippen molar-refractivity contribution in [3.05, 3.63) is 61.5 Å². The molecule has 0 aliphatic rings. The molecule has 0 saturated heterocycles. The Kier molecular flexibility index (Phi) is 5.21. The molecule has 0 saturated carbocycles. The molecule has 26 heavy (non-hydrogen) atoms. The Balaban J connectivity index is 1.90. The van der Waals surface area contributed by atoms with Crippen LogP contribution in [-0.2, 0) is 16.4 Å². The van der Waals surface area contributed by atoms with Crippen LogP contribution in [0.1, 0.15) is 21.8 Å². The van der Waals surface area contributed by atoms with E-state index in [2.05, 4.69) is 9.71 Å². The summed E-state index contributed by atoms with van der Waals surface area (Å²) in [6, 6.07) is 7.17. The number of hydrogen-bond acceptors (Lipinski definition) is 5. The Morgan fingerprint density at radius 3 is 2.50 bits per heavy atom. The van der Waals surface area contributed by atoms with E-state index in [0.717, 1.165) is 10.4 Å².